The predicted octanol–water partition coefficient (Wildman–Crippen LogP) is 3.25. The first kappa shape index (κ1) is 10.6. The van der Waals surface area contributed by atoms with E-state index < -0.39 is 0 Å². The third-order valence-electron chi connectivity index (χ3n) is 2.67. The van der Waals surface area contributed by atoms with E-state index in [-0.39, 0.29) is 0 Å². The highest BCUT2D eigenvalue weighted by atomic mass is 16.5. The van der Waals surface area contributed by atoms with Crippen LogP contribution in [0.1, 0.15) is 5.56 Å². The molecule has 2 N–H and O–H groups in total. The van der Waals surface area contributed by atoms with Crippen molar-refractivity contribution in [3.63, 3.8) is 0 Å². The number of methoxy groups -OCH3 is 1. The summed E-state index contributed by atoms with van der Waals surface area (Å²) in [7, 11) is 1.66. The molecule has 0 bridgehead atoms. The molecule has 0 radical (unpaired) electrons. The summed E-state index contributed by atoms with van der Waals surface area (Å²) in [5.74, 6) is 0.814. The monoisotopic (exact) mass is 213 g/mol. The Morgan fingerprint density at radius 2 is 1.75 bits per heavy atom. The van der Waals surface area contributed by atoms with Crippen LogP contribution in [0.5, 0.6) is 5.75 Å². The van der Waals surface area contributed by atoms with Crippen LogP contribution in [0.4, 0.5) is 5.69 Å². The Bertz CT molecular complexity index is 492. The van der Waals surface area contributed by atoms with Crippen molar-refractivity contribution in [1.29, 1.82) is 0 Å². The molecule has 0 aliphatic carbocycles. The van der Waals surface area contributed by atoms with E-state index in [4.69, 9.17) is 10.5 Å². The Morgan fingerprint density at radius 3 is 2.38 bits per heavy atom. The lowest BCUT2D eigenvalue weighted by Gasteiger charge is -2.11. The Hall–Kier alpha value is -1.96. The SMILES string of the molecule is COc1cc(N)c(C)cc1-c1ccccc1. The van der Waals surface area contributed by atoms with Crippen molar-refractivity contribution in [2.24, 2.45) is 0 Å². The molecule has 0 aliphatic heterocycles. The summed E-state index contributed by atoms with van der Waals surface area (Å²) >= 11 is 0. The van der Waals surface area contributed by atoms with Gasteiger partial charge in [0.1, 0.15) is 5.75 Å². The Balaban J connectivity index is 2.60. The fourth-order valence-corrected chi connectivity index (χ4v) is 1.72. The van der Waals surface area contributed by atoms with Gasteiger partial charge in [-0.15, -0.1) is 0 Å². The molecule has 0 fully saturated rings. The summed E-state index contributed by atoms with van der Waals surface area (Å²) < 4.78 is 5.36. The Labute approximate surface area is 95.7 Å². The topological polar surface area (TPSA) is 35.2 Å². The normalized spacial score (nSPS) is 10.1. The summed E-state index contributed by atoms with van der Waals surface area (Å²) in [6, 6.07) is 14.1. The maximum absolute atomic E-state index is 5.86. The predicted molar refractivity (Wildman–Crippen MR) is 67.6 cm³/mol. The smallest absolute Gasteiger partial charge is 0.128 e. The molecule has 0 spiro atoms. The summed E-state index contributed by atoms with van der Waals surface area (Å²) in [6.45, 7) is 2.00. The van der Waals surface area contributed by atoms with E-state index >= 15 is 0 Å². The minimum atomic E-state index is 0.761. The minimum absolute atomic E-state index is 0.761. The van der Waals surface area contributed by atoms with E-state index in [0.717, 1.165) is 28.1 Å². The van der Waals surface area contributed by atoms with E-state index in [1.165, 1.54) is 0 Å². The molecule has 0 aliphatic rings. The van der Waals surface area contributed by atoms with Crippen molar-refractivity contribution in [2.75, 3.05) is 12.8 Å². The first-order valence-electron chi connectivity index (χ1n) is 5.22. The molecule has 0 heterocycles. The van der Waals surface area contributed by atoms with Gasteiger partial charge in [-0.3, -0.25) is 0 Å². The number of nitrogen functional groups attached to an aromatic ring is 1. The van der Waals surface area contributed by atoms with Gasteiger partial charge < -0.3 is 10.5 Å². The third-order valence-corrected chi connectivity index (χ3v) is 2.67. The van der Waals surface area contributed by atoms with Gasteiger partial charge in [0.25, 0.3) is 0 Å². The molecule has 0 saturated heterocycles. The van der Waals surface area contributed by atoms with Crippen LogP contribution in [0.25, 0.3) is 11.1 Å². The van der Waals surface area contributed by atoms with Crippen LogP contribution in [0, 0.1) is 6.92 Å². The van der Waals surface area contributed by atoms with Crippen LogP contribution < -0.4 is 10.5 Å². The molecule has 0 amide bonds. The quantitative estimate of drug-likeness (QED) is 0.777. The summed E-state index contributed by atoms with van der Waals surface area (Å²) in [4.78, 5) is 0. The zero-order chi connectivity index (χ0) is 11.5. The van der Waals surface area contributed by atoms with Crippen LogP contribution in [0.3, 0.4) is 0 Å². The fourth-order valence-electron chi connectivity index (χ4n) is 1.72. The number of hydrogen-bond acceptors (Lipinski definition) is 2. The first-order valence-corrected chi connectivity index (χ1v) is 5.22. The van der Waals surface area contributed by atoms with Gasteiger partial charge in [0, 0.05) is 17.3 Å². The summed E-state index contributed by atoms with van der Waals surface area (Å²) in [5, 5.41) is 0. The average Bonchev–Trinajstić information content (AvgIpc) is 2.33. The lowest BCUT2D eigenvalue weighted by atomic mass is 10.0. The van der Waals surface area contributed by atoms with Crippen LogP contribution in [-0.2, 0) is 0 Å². The second-order valence-electron chi connectivity index (χ2n) is 3.78. The number of rotatable bonds is 2. The van der Waals surface area contributed by atoms with Crippen LogP contribution in [0.15, 0.2) is 42.5 Å². The van der Waals surface area contributed by atoms with Gasteiger partial charge in [-0.1, -0.05) is 30.3 Å². The maximum atomic E-state index is 5.86. The molecular formula is C14H15NO. The highest BCUT2D eigenvalue weighted by Gasteiger charge is 2.07. The second-order valence-corrected chi connectivity index (χ2v) is 3.78. The van der Waals surface area contributed by atoms with E-state index in [0.29, 0.717) is 0 Å². The Morgan fingerprint density at radius 1 is 1.06 bits per heavy atom. The number of benzene rings is 2. The molecule has 82 valence electrons. The Kier molecular flexibility index (Phi) is 2.82. The molecule has 2 aromatic carbocycles. The summed E-state index contributed by atoms with van der Waals surface area (Å²) in [6.07, 6.45) is 0. The van der Waals surface area contributed by atoms with Gasteiger partial charge in [0.05, 0.1) is 7.11 Å². The average molecular weight is 213 g/mol. The number of ether oxygens (including phenoxy) is 1. The van der Waals surface area contributed by atoms with Crippen molar-refractivity contribution in [3.05, 3.63) is 48.0 Å². The molecule has 2 nitrogen and oxygen atoms in total. The first-order chi connectivity index (χ1) is 7.72. The second kappa shape index (κ2) is 4.27. The van der Waals surface area contributed by atoms with Crippen LogP contribution in [0.2, 0.25) is 0 Å². The van der Waals surface area contributed by atoms with Gasteiger partial charge in [-0.25, -0.2) is 0 Å². The van der Waals surface area contributed by atoms with E-state index in [2.05, 4.69) is 18.2 Å². The number of hydrogen-bond donors (Lipinski definition) is 1. The third kappa shape index (κ3) is 1.87. The molecule has 0 aromatic heterocycles. The molecular weight excluding hydrogens is 198 g/mol. The molecule has 0 saturated carbocycles. The fraction of sp³-hybridized carbons (Fsp3) is 0.143. The van der Waals surface area contributed by atoms with Crippen molar-refractivity contribution in [1.82, 2.24) is 0 Å². The lowest BCUT2D eigenvalue weighted by Crippen LogP contribution is -1.94. The maximum Gasteiger partial charge on any atom is 0.128 e. The number of anilines is 1. The standard InChI is InChI=1S/C14H15NO/c1-10-8-12(11-6-4-3-5-7-11)14(16-2)9-13(10)15/h3-9H,15H2,1-2H3. The van der Waals surface area contributed by atoms with Crippen molar-refractivity contribution < 1.29 is 4.74 Å². The van der Waals surface area contributed by atoms with Crippen molar-refractivity contribution in [2.45, 2.75) is 6.92 Å². The van der Waals surface area contributed by atoms with Gasteiger partial charge in [-0.2, -0.15) is 0 Å². The molecule has 2 heteroatoms. The number of nitrogens with two attached hydrogens (primary N) is 1. The molecule has 0 unspecified atom stereocenters. The molecule has 2 rings (SSSR count). The van der Waals surface area contributed by atoms with Crippen LogP contribution >= 0.6 is 0 Å². The van der Waals surface area contributed by atoms with Crippen LogP contribution in [-0.4, -0.2) is 7.11 Å². The number of aryl methyl sites for hydroxylation is 1. The molecule has 0 atom stereocenters. The van der Waals surface area contributed by atoms with Crippen molar-refractivity contribution in [3.8, 4) is 16.9 Å². The van der Waals surface area contributed by atoms with Crippen molar-refractivity contribution >= 4 is 5.69 Å². The minimum Gasteiger partial charge on any atom is -0.496 e. The van der Waals surface area contributed by atoms with Gasteiger partial charge >= 0.3 is 0 Å². The largest absolute Gasteiger partial charge is 0.496 e. The highest BCUT2D eigenvalue weighted by Crippen LogP contribution is 2.33. The highest BCUT2D eigenvalue weighted by molar-refractivity contribution is 5.74. The van der Waals surface area contributed by atoms with E-state index in [1.54, 1.807) is 7.11 Å². The lowest BCUT2D eigenvalue weighted by molar-refractivity contribution is 0.416. The van der Waals surface area contributed by atoms with E-state index in [1.807, 2.05) is 31.2 Å². The zero-order valence-electron chi connectivity index (χ0n) is 9.53. The van der Waals surface area contributed by atoms with Gasteiger partial charge in [0.2, 0.25) is 0 Å². The molecule has 16 heavy (non-hydrogen) atoms. The molecule has 2 aromatic rings. The zero-order valence-corrected chi connectivity index (χ0v) is 9.53. The van der Waals surface area contributed by atoms with E-state index in [9.17, 15) is 0 Å². The van der Waals surface area contributed by atoms with Gasteiger partial charge in [0.15, 0.2) is 0 Å². The van der Waals surface area contributed by atoms with Gasteiger partial charge in [-0.05, 0) is 24.1 Å². The summed E-state index contributed by atoms with van der Waals surface area (Å²) in [5.41, 5.74) is 9.91.